The van der Waals surface area contributed by atoms with Gasteiger partial charge in [0.2, 0.25) is 5.91 Å². The first kappa shape index (κ1) is 15.9. The van der Waals surface area contributed by atoms with Crippen LogP contribution in [-0.4, -0.2) is 43.5 Å². The van der Waals surface area contributed by atoms with E-state index in [2.05, 4.69) is 15.1 Å². The minimum Gasteiger partial charge on any atom is -0.467 e. The first-order chi connectivity index (χ1) is 11.2. The topological polar surface area (TPSA) is 48.7 Å². The molecule has 1 aromatic heterocycles. The molecule has 1 fully saturated rings. The quantitative estimate of drug-likeness (QED) is 0.912. The van der Waals surface area contributed by atoms with E-state index in [0.717, 1.165) is 42.6 Å². The highest BCUT2D eigenvalue weighted by Crippen LogP contribution is 2.25. The van der Waals surface area contributed by atoms with Gasteiger partial charge in [-0.05, 0) is 24.3 Å². The lowest BCUT2D eigenvalue weighted by atomic mass is 10.2. The van der Waals surface area contributed by atoms with Gasteiger partial charge in [-0.3, -0.25) is 9.69 Å². The van der Waals surface area contributed by atoms with Crippen molar-refractivity contribution >= 4 is 23.2 Å². The molecule has 122 valence electrons. The van der Waals surface area contributed by atoms with Gasteiger partial charge >= 0.3 is 0 Å². The van der Waals surface area contributed by atoms with Crippen molar-refractivity contribution in [3.63, 3.8) is 0 Å². The van der Waals surface area contributed by atoms with Crippen LogP contribution >= 0.6 is 11.6 Å². The first-order valence-corrected chi connectivity index (χ1v) is 8.11. The fourth-order valence-electron chi connectivity index (χ4n) is 2.71. The van der Waals surface area contributed by atoms with E-state index in [1.165, 1.54) is 0 Å². The summed E-state index contributed by atoms with van der Waals surface area (Å²) in [5.74, 6) is 0.787. The third kappa shape index (κ3) is 4.27. The van der Waals surface area contributed by atoms with Crippen LogP contribution in [0.2, 0.25) is 5.02 Å². The van der Waals surface area contributed by atoms with E-state index in [9.17, 15) is 4.79 Å². The smallest absolute Gasteiger partial charge is 0.234 e. The van der Waals surface area contributed by atoms with Gasteiger partial charge in [0.25, 0.3) is 0 Å². The van der Waals surface area contributed by atoms with Gasteiger partial charge in [0, 0.05) is 26.2 Å². The zero-order chi connectivity index (χ0) is 16.1. The Labute approximate surface area is 140 Å². The molecule has 1 saturated heterocycles. The summed E-state index contributed by atoms with van der Waals surface area (Å²) in [6, 6.07) is 11.5. The van der Waals surface area contributed by atoms with Gasteiger partial charge in [0.05, 0.1) is 30.1 Å². The molecule has 1 aliphatic rings. The molecule has 1 amide bonds. The number of benzene rings is 1. The van der Waals surface area contributed by atoms with Crippen LogP contribution in [0.5, 0.6) is 0 Å². The Morgan fingerprint density at radius 2 is 1.91 bits per heavy atom. The van der Waals surface area contributed by atoms with Crippen molar-refractivity contribution in [2.75, 3.05) is 37.6 Å². The predicted octanol–water partition coefficient (Wildman–Crippen LogP) is 2.37. The van der Waals surface area contributed by atoms with Crippen LogP contribution in [0.4, 0.5) is 5.69 Å². The second kappa shape index (κ2) is 7.53. The van der Waals surface area contributed by atoms with Crippen molar-refractivity contribution in [2.24, 2.45) is 0 Å². The second-order valence-corrected chi connectivity index (χ2v) is 5.98. The summed E-state index contributed by atoms with van der Waals surface area (Å²) in [4.78, 5) is 16.4. The number of amides is 1. The molecular weight excluding hydrogens is 314 g/mol. The normalized spacial score (nSPS) is 15.6. The van der Waals surface area contributed by atoms with E-state index >= 15 is 0 Å². The zero-order valence-electron chi connectivity index (χ0n) is 12.9. The van der Waals surface area contributed by atoms with Crippen molar-refractivity contribution in [2.45, 2.75) is 6.54 Å². The summed E-state index contributed by atoms with van der Waals surface area (Å²) in [6.07, 6.45) is 1.61. The lowest BCUT2D eigenvalue weighted by Gasteiger charge is -2.36. The molecule has 0 atom stereocenters. The molecule has 0 spiro atoms. The third-order valence-corrected chi connectivity index (χ3v) is 4.29. The molecule has 6 heteroatoms. The van der Waals surface area contributed by atoms with Crippen LogP contribution in [-0.2, 0) is 11.3 Å². The zero-order valence-corrected chi connectivity index (χ0v) is 13.6. The molecule has 0 unspecified atom stereocenters. The molecule has 0 saturated carbocycles. The van der Waals surface area contributed by atoms with Crippen LogP contribution in [0.15, 0.2) is 47.1 Å². The SMILES string of the molecule is O=C(CN1CCN(c2ccccc2Cl)CC1)NCc1ccco1. The van der Waals surface area contributed by atoms with Crippen LogP contribution < -0.4 is 10.2 Å². The van der Waals surface area contributed by atoms with Gasteiger partial charge in [0.15, 0.2) is 0 Å². The van der Waals surface area contributed by atoms with E-state index in [1.807, 2.05) is 36.4 Å². The number of nitrogens with one attached hydrogen (secondary N) is 1. The van der Waals surface area contributed by atoms with E-state index in [4.69, 9.17) is 16.0 Å². The fourth-order valence-corrected chi connectivity index (χ4v) is 2.97. The van der Waals surface area contributed by atoms with E-state index in [-0.39, 0.29) is 5.91 Å². The average Bonchev–Trinajstić information content (AvgIpc) is 3.08. The number of piperazine rings is 1. The maximum atomic E-state index is 12.0. The molecule has 0 radical (unpaired) electrons. The molecule has 0 bridgehead atoms. The van der Waals surface area contributed by atoms with E-state index < -0.39 is 0 Å². The highest BCUT2D eigenvalue weighted by Gasteiger charge is 2.20. The number of hydrogen-bond acceptors (Lipinski definition) is 4. The maximum absolute atomic E-state index is 12.0. The lowest BCUT2D eigenvalue weighted by Crippen LogP contribution is -2.49. The van der Waals surface area contributed by atoms with Crippen molar-refractivity contribution in [1.29, 1.82) is 0 Å². The number of rotatable bonds is 5. The number of carbonyl (C=O) groups is 1. The van der Waals surface area contributed by atoms with E-state index in [0.29, 0.717) is 13.1 Å². The molecular formula is C17H20ClN3O2. The molecule has 5 nitrogen and oxygen atoms in total. The van der Waals surface area contributed by atoms with Gasteiger partial charge in [-0.15, -0.1) is 0 Å². The monoisotopic (exact) mass is 333 g/mol. The Kier molecular flexibility index (Phi) is 5.20. The van der Waals surface area contributed by atoms with Crippen LogP contribution in [0.1, 0.15) is 5.76 Å². The average molecular weight is 334 g/mol. The van der Waals surface area contributed by atoms with Crippen molar-refractivity contribution in [1.82, 2.24) is 10.2 Å². The van der Waals surface area contributed by atoms with Gasteiger partial charge < -0.3 is 14.6 Å². The number of nitrogens with zero attached hydrogens (tertiary/aromatic N) is 2. The van der Waals surface area contributed by atoms with Gasteiger partial charge in [-0.25, -0.2) is 0 Å². The minimum atomic E-state index is 0.0209. The summed E-state index contributed by atoms with van der Waals surface area (Å²) in [7, 11) is 0. The summed E-state index contributed by atoms with van der Waals surface area (Å²) in [5.41, 5.74) is 1.07. The van der Waals surface area contributed by atoms with E-state index in [1.54, 1.807) is 6.26 Å². The molecule has 1 N–H and O–H groups in total. The number of hydrogen-bond donors (Lipinski definition) is 1. The number of halogens is 1. The van der Waals surface area contributed by atoms with Crippen LogP contribution in [0.25, 0.3) is 0 Å². The number of para-hydroxylation sites is 1. The van der Waals surface area contributed by atoms with Gasteiger partial charge in [-0.2, -0.15) is 0 Å². The molecule has 1 aromatic carbocycles. The third-order valence-electron chi connectivity index (χ3n) is 3.97. The standard InChI is InChI=1S/C17H20ClN3O2/c18-15-5-1-2-6-16(15)21-9-7-20(8-10-21)13-17(22)19-12-14-4-3-11-23-14/h1-6,11H,7-10,12-13H2,(H,19,22). The molecule has 2 heterocycles. The lowest BCUT2D eigenvalue weighted by molar-refractivity contribution is -0.122. The Hall–Kier alpha value is -1.98. The number of furan rings is 1. The number of carbonyl (C=O) groups excluding carboxylic acids is 1. The Morgan fingerprint density at radius 3 is 2.61 bits per heavy atom. The Bertz CT molecular complexity index is 637. The second-order valence-electron chi connectivity index (χ2n) is 5.57. The summed E-state index contributed by atoms with van der Waals surface area (Å²) in [6.45, 7) is 4.28. The van der Waals surface area contributed by atoms with Crippen molar-refractivity contribution in [3.05, 3.63) is 53.4 Å². The summed E-state index contributed by atoms with van der Waals surface area (Å²) < 4.78 is 5.20. The van der Waals surface area contributed by atoms with Gasteiger partial charge in [0.1, 0.15) is 5.76 Å². The molecule has 23 heavy (non-hydrogen) atoms. The summed E-state index contributed by atoms with van der Waals surface area (Å²) in [5, 5.41) is 3.65. The largest absolute Gasteiger partial charge is 0.467 e. The highest BCUT2D eigenvalue weighted by atomic mass is 35.5. The molecule has 1 aliphatic heterocycles. The van der Waals surface area contributed by atoms with Gasteiger partial charge in [-0.1, -0.05) is 23.7 Å². The molecule has 2 aromatic rings. The maximum Gasteiger partial charge on any atom is 0.234 e. The van der Waals surface area contributed by atoms with Crippen LogP contribution in [0.3, 0.4) is 0 Å². The summed E-state index contributed by atoms with van der Waals surface area (Å²) >= 11 is 6.24. The number of anilines is 1. The fraction of sp³-hybridized carbons (Fsp3) is 0.353. The van der Waals surface area contributed by atoms with Crippen molar-refractivity contribution in [3.8, 4) is 0 Å². The predicted molar refractivity (Wildman–Crippen MR) is 90.7 cm³/mol. The Morgan fingerprint density at radius 1 is 1.13 bits per heavy atom. The minimum absolute atomic E-state index is 0.0209. The molecule has 0 aliphatic carbocycles. The molecule has 3 rings (SSSR count). The first-order valence-electron chi connectivity index (χ1n) is 7.73. The highest BCUT2D eigenvalue weighted by molar-refractivity contribution is 6.33. The van der Waals surface area contributed by atoms with Crippen molar-refractivity contribution < 1.29 is 9.21 Å². The van der Waals surface area contributed by atoms with Crippen LogP contribution in [0, 0.1) is 0 Å². The Balaban J connectivity index is 1.44.